The normalized spacial score (nSPS) is 12.0. The zero-order chi connectivity index (χ0) is 15.6. The number of carboxylic acid groups (broad SMARTS) is 1. The summed E-state index contributed by atoms with van der Waals surface area (Å²) in [5.41, 5.74) is 2.24. The van der Waals surface area contributed by atoms with E-state index in [2.05, 4.69) is 4.98 Å². The summed E-state index contributed by atoms with van der Waals surface area (Å²) in [6.07, 6.45) is 1.34. The predicted molar refractivity (Wildman–Crippen MR) is 77.8 cm³/mol. The molecule has 0 saturated heterocycles. The van der Waals surface area contributed by atoms with Crippen LogP contribution in [0.5, 0.6) is 0 Å². The minimum atomic E-state index is -3.75. The first-order valence-corrected chi connectivity index (χ1v) is 8.51. The Labute approximate surface area is 126 Å². The lowest BCUT2D eigenvalue weighted by Crippen LogP contribution is -2.26. The summed E-state index contributed by atoms with van der Waals surface area (Å²) < 4.78 is 27.5. The number of thiazole rings is 1. The maximum Gasteiger partial charge on any atom is 0.352 e. The van der Waals surface area contributed by atoms with Crippen LogP contribution in [-0.4, -0.2) is 40.4 Å². The van der Waals surface area contributed by atoms with E-state index in [9.17, 15) is 13.2 Å². The highest BCUT2D eigenvalue weighted by atomic mass is 32.2. The van der Waals surface area contributed by atoms with Crippen LogP contribution in [-0.2, 0) is 23.1 Å². The smallest absolute Gasteiger partial charge is 0.352 e. The van der Waals surface area contributed by atoms with Crippen molar-refractivity contribution in [1.29, 1.82) is 0 Å². The second-order valence-corrected chi connectivity index (χ2v) is 7.16. The molecule has 2 aromatic heterocycles. The molecule has 1 N–H and O–H groups in total. The molecule has 0 spiro atoms. The average molecular weight is 329 g/mol. The van der Waals surface area contributed by atoms with Crippen molar-refractivity contribution < 1.29 is 18.3 Å². The second-order valence-electron chi connectivity index (χ2n) is 4.39. The molecular formula is C12H15N3O4S2. The van der Waals surface area contributed by atoms with Gasteiger partial charge in [-0.05, 0) is 13.0 Å². The molecule has 0 fully saturated rings. The monoisotopic (exact) mass is 329 g/mol. The molecule has 0 amide bonds. The maximum absolute atomic E-state index is 12.5. The number of carbonyl (C=O) groups is 1. The van der Waals surface area contributed by atoms with E-state index in [1.807, 2.05) is 0 Å². The number of aromatic carboxylic acids is 1. The lowest BCUT2D eigenvalue weighted by atomic mass is 10.4. The number of nitrogens with zero attached hydrogens (tertiary/aromatic N) is 3. The van der Waals surface area contributed by atoms with Crippen LogP contribution in [0.1, 0.15) is 23.1 Å². The molecule has 0 unspecified atom stereocenters. The maximum atomic E-state index is 12.5. The van der Waals surface area contributed by atoms with Crippen molar-refractivity contribution in [1.82, 2.24) is 13.9 Å². The third-order valence-electron chi connectivity index (χ3n) is 3.01. The van der Waals surface area contributed by atoms with E-state index in [1.54, 1.807) is 17.8 Å². The molecule has 2 rings (SSSR count). The van der Waals surface area contributed by atoms with Crippen molar-refractivity contribution in [3.8, 4) is 0 Å². The molecule has 2 aromatic rings. The van der Waals surface area contributed by atoms with Gasteiger partial charge in [-0.15, -0.1) is 11.3 Å². The predicted octanol–water partition coefficient (Wildman–Crippen LogP) is 1.48. The first-order chi connectivity index (χ1) is 9.86. The van der Waals surface area contributed by atoms with Gasteiger partial charge < -0.3 is 9.67 Å². The van der Waals surface area contributed by atoms with E-state index in [-0.39, 0.29) is 17.1 Å². The minimum absolute atomic E-state index is 0.0283. The summed E-state index contributed by atoms with van der Waals surface area (Å²) in [5.74, 6) is -1.15. The van der Waals surface area contributed by atoms with Gasteiger partial charge in [-0.3, -0.25) is 0 Å². The Balaban J connectivity index is 2.33. The van der Waals surface area contributed by atoms with E-state index in [0.29, 0.717) is 12.2 Å². The molecule has 0 bridgehead atoms. The van der Waals surface area contributed by atoms with Crippen LogP contribution in [0.2, 0.25) is 0 Å². The summed E-state index contributed by atoms with van der Waals surface area (Å²) in [6, 6.07) is 1.18. The number of sulfonamides is 1. The highest BCUT2D eigenvalue weighted by molar-refractivity contribution is 7.89. The molecule has 0 aliphatic heterocycles. The largest absolute Gasteiger partial charge is 0.477 e. The average Bonchev–Trinajstić information content (AvgIpc) is 3.06. The Kier molecular flexibility index (Phi) is 4.45. The van der Waals surface area contributed by atoms with Gasteiger partial charge in [-0.25, -0.2) is 18.2 Å². The summed E-state index contributed by atoms with van der Waals surface area (Å²) in [5, 5.41) is 10.9. The first-order valence-electron chi connectivity index (χ1n) is 6.13. The van der Waals surface area contributed by atoms with Gasteiger partial charge in [0, 0.05) is 25.2 Å². The third-order valence-corrected chi connectivity index (χ3v) is 5.41. The van der Waals surface area contributed by atoms with Crippen LogP contribution >= 0.6 is 11.3 Å². The fourth-order valence-corrected chi connectivity index (χ4v) is 3.61. The highest BCUT2D eigenvalue weighted by Gasteiger charge is 2.25. The summed E-state index contributed by atoms with van der Waals surface area (Å²) in [7, 11) is -2.30. The summed E-state index contributed by atoms with van der Waals surface area (Å²) >= 11 is 1.39. The fourth-order valence-electron chi connectivity index (χ4n) is 1.87. The van der Waals surface area contributed by atoms with Gasteiger partial charge in [0.2, 0.25) is 10.0 Å². The van der Waals surface area contributed by atoms with Crippen molar-refractivity contribution >= 4 is 27.3 Å². The van der Waals surface area contributed by atoms with E-state index in [4.69, 9.17) is 5.11 Å². The van der Waals surface area contributed by atoms with Gasteiger partial charge in [0.25, 0.3) is 0 Å². The Hall–Kier alpha value is -1.71. The van der Waals surface area contributed by atoms with Crippen molar-refractivity contribution in [3.63, 3.8) is 0 Å². The number of hydrogen-bond acceptors (Lipinski definition) is 5. The van der Waals surface area contributed by atoms with Crippen LogP contribution < -0.4 is 0 Å². The molecule has 0 aliphatic carbocycles. The van der Waals surface area contributed by atoms with Crippen LogP contribution in [0.4, 0.5) is 0 Å². The summed E-state index contributed by atoms with van der Waals surface area (Å²) in [4.78, 5) is 15.1. The quantitative estimate of drug-likeness (QED) is 0.866. The molecule has 0 aliphatic rings. The van der Waals surface area contributed by atoms with Gasteiger partial charge in [-0.1, -0.05) is 0 Å². The van der Waals surface area contributed by atoms with Gasteiger partial charge in [-0.2, -0.15) is 4.31 Å². The van der Waals surface area contributed by atoms with Gasteiger partial charge >= 0.3 is 5.97 Å². The first kappa shape index (κ1) is 15.7. The molecule has 0 atom stereocenters. The number of rotatable bonds is 6. The zero-order valence-electron chi connectivity index (χ0n) is 11.6. The lowest BCUT2D eigenvalue weighted by molar-refractivity contribution is 0.0685. The van der Waals surface area contributed by atoms with Crippen molar-refractivity contribution in [2.24, 2.45) is 0 Å². The molecule has 7 nitrogen and oxygen atoms in total. The Morgan fingerprint density at radius 3 is 2.71 bits per heavy atom. The van der Waals surface area contributed by atoms with Crippen LogP contribution in [0.3, 0.4) is 0 Å². The second kappa shape index (κ2) is 5.96. The Morgan fingerprint density at radius 1 is 1.52 bits per heavy atom. The SMILES string of the molecule is CCn1cc(S(=O)(=O)N(C)Cc2cscn2)cc1C(=O)O. The standard InChI is InChI=1S/C12H15N3O4S2/c1-3-15-6-10(4-11(15)12(16)17)21(18,19)14(2)5-9-7-20-8-13-9/h4,6-8H,3,5H2,1-2H3,(H,16,17). The van der Waals surface area contributed by atoms with Crippen molar-refractivity contribution in [3.05, 3.63) is 34.5 Å². The number of aryl methyl sites for hydroxylation is 1. The number of aromatic nitrogens is 2. The van der Waals surface area contributed by atoms with E-state index in [0.717, 1.165) is 4.31 Å². The van der Waals surface area contributed by atoms with Gasteiger partial charge in [0.05, 0.1) is 17.7 Å². The van der Waals surface area contributed by atoms with Crippen molar-refractivity contribution in [2.45, 2.75) is 24.9 Å². The van der Waals surface area contributed by atoms with Crippen LogP contribution in [0.25, 0.3) is 0 Å². The van der Waals surface area contributed by atoms with Gasteiger partial charge in [0.1, 0.15) is 10.6 Å². The third kappa shape index (κ3) is 3.14. The van der Waals surface area contributed by atoms with Gasteiger partial charge in [0.15, 0.2) is 0 Å². The van der Waals surface area contributed by atoms with Crippen LogP contribution in [0, 0.1) is 0 Å². The fraction of sp³-hybridized carbons (Fsp3) is 0.333. The molecule has 2 heterocycles. The number of carboxylic acids is 1. The molecule has 21 heavy (non-hydrogen) atoms. The molecule has 0 saturated carbocycles. The highest BCUT2D eigenvalue weighted by Crippen LogP contribution is 2.20. The topological polar surface area (TPSA) is 92.5 Å². The Bertz CT molecular complexity index is 735. The minimum Gasteiger partial charge on any atom is -0.477 e. The molecular weight excluding hydrogens is 314 g/mol. The zero-order valence-corrected chi connectivity index (χ0v) is 13.2. The molecule has 9 heteroatoms. The molecule has 0 radical (unpaired) electrons. The van der Waals surface area contributed by atoms with E-state index < -0.39 is 16.0 Å². The Morgan fingerprint density at radius 2 is 2.24 bits per heavy atom. The molecule has 114 valence electrons. The van der Waals surface area contributed by atoms with E-state index >= 15 is 0 Å². The lowest BCUT2D eigenvalue weighted by Gasteiger charge is -2.14. The summed E-state index contributed by atoms with van der Waals surface area (Å²) in [6.45, 7) is 2.28. The van der Waals surface area contributed by atoms with E-state index in [1.165, 1.54) is 35.2 Å². The number of hydrogen-bond donors (Lipinski definition) is 1. The van der Waals surface area contributed by atoms with Crippen molar-refractivity contribution in [2.75, 3.05) is 7.05 Å². The molecule has 0 aromatic carbocycles. The van der Waals surface area contributed by atoms with Crippen LogP contribution in [0.15, 0.2) is 28.0 Å².